The van der Waals surface area contributed by atoms with Crippen LogP contribution in [-0.4, -0.2) is 49.7 Å². The summed E-state index contributed by atoms with van der Waals surface area (Å²) in [6.45, 7) is 2.17. The smallest absolute Gasteiger partial charge is 0.387 e. The fraction of sp³-hybridized carbons (Fsp3) is 0.435. The van der Waals surface area contributed by atoms with Crippen molar-refractivity contribution >= 4 is 17.3 Å². The third-order valence-corrected chi connectivity index (χ3v) is 5.73. The van der Waals surface area contributed by atoms with Gasteiger partial charge in [-0.25, -0.2) is 0 Å². The average molecular weight is 431 g/mol. The molecule has 1 amide bonds. The maximum Gasteiger partial charge on any atom is 0.387 e. The van der Waals surface area contributed by atoms with Crippen LogP contribution in [0, 0.1) is 0 Å². The predicted octanol–water partition coefficient (Wildman–Crippen LogP) is 4.11. The highest BCUT2D eigenvalue weighted by Crippen LogP contribution is 2.34. The van der Waals surface area contributed by atoms with Gasteiger partial charge in [-0.2, -0.15) is 8.78 Å². The Morgan fingerprint density at radius 3 is 2.65 bits per heavy atom. The van der Waals surface area contributed by atoms with E-state index in [2.05, 4.69) is 25.9 Å². The lowest BCUT2D eigenvalue weighted by Gasteiger charge is -2.41. The van der Waals surface area contributed by atoms with Crippen molar-refractivity contribution in [2.24, 2.45) is 0 Å². The van der Waals surface area contributed by atoms with Crippen LogP contribution in [0.15, 0.2) is 42.5 Å². The Kier molecular flexibility index (Phi) is 6.56. The first-order valence-corrected chi connectivity index (χ1v) is 10.6. The second-order valence-corrected chi connectivity index (χ2v) is 7.79. The van der Waals surface area contributed by atoms with E-state index in [1.165, 1.54) is 0 Å². The van der Waals surface area contributed by atoms with Crippen molar-refractivity contribution in [3.63, 3.8) is 0 Å². The average Bonchev–Trinajstić information content (AvgIpc) is 2.75. The van der Waals surface area contributed by atoms with E-state index in [0.29, 0.717) is 31.5 Å². The zero-order valence-corrected chi connectivity index (χ0v) is 17.5. The van der Waals surface area contributed by atoms with E-state index in [9.17, 15) is 13.6 Å². The SMILES string of the molecule is CCOc1cc(CN2CCC(N3CC(=O)Nc4ccccc43)CC2)ccc1OC(F)F. The molecule has 1 saturated heterocycles. The molecule has 8 heteroatoms. The molecule has 0 atom stereocenters. The van der Waals surface area contributed by atoms with Crippen molar-refractivity contribution in [1.29, 1.82) is 0 Å². The van der Waals surface area contributed by atoms with Gasteiger partial charge in [0.15, 0.2) is 11.5 Å². The first-order valence-electron chi connectivity index (χ1n) is 10.6. The summed E-state index contributed by atoms with van der Waals surface area (Å²) in [5, 5.41) is 2.94. The van der Waals surface area contributed by atoms with Crippen molar-refractivity contribution in [3.05, 3.63) is 48.0 Å². The fourth-order valence-corrected chi connectivity index (χ4v) is 4.35. The molecule has 2 aromatic rings. The summed E-state index contributed by atoms with van der Waals surface area (Å²) in [6, 6.07) is 13.4. The molecular formula is C23H27F2N3O3. The van der Waals surface area contributed by atoms with E-state index in [4.69, 9.17) is 4.74 Å². The van der Waals surface area contributed by atoms with E-state index in [-0.39, 0.29) is 11.7 Å². The molecule has 1 fully saturated rings. The highest BCUT2D eigenvalue weighted by Gasteiger charge is 2.30. The fourth-order valence-electron chi connectivity index (χ4n) is 4.35. The summed E-state index contributed by atoms with van der Waals surface area (Å²) in [5.74, 6) is 0.420. The number of nitrogens with zero attached hydrogens (tertiary/aromatic N) is 2. The number of halogens is 2. The molecule has 2 aromatic carbocycles. The van der Waals surface area contributed by atoms with Crippen molar-refractivity contribution in [3.8, 4) is 11.5 Å². The number of nitrogens with one attached hydrogen (secondary N) is 1. The standard InChI is InChI=1S/C23H27F2N3O3/c1-2-30-21-13-16(7-8-20(21)31-23(24)25)14-27-11-9-17(10-12-27)28-15-22(29)26-18-5-3-4-6-19(18)28/h3-8,13,17,23H,2,9-12,14-15H2,1H3,(H,26,29). The molecule has 0 unspecified atom stereocenters. The number of benzene rings is 2. The Balaban J connectivity index is 1.39. The summed E-state index contributed by atoms with van der Waals surface area (Å²) in [5.41, 5.74) is 2.94. The Morgan fingerprint density at radius 1 is 1.13 bits per heavy atom. The van der Waals surface area contributed by atoms with E-state index in [1.807, 2.05) is 25.1 Å². The zero-order valence-electron chi connectivity index (χ0n) is 17.5. The molecule has 6 nitrogen and oxygen atoms in total. The molecule has 2 heterocycles. The number of amides is 1. The van der Waals surface area contributed by atoms with Gasteiger partial charge in [-0.1, -0.05) is 18.2 Å². The molecule has 31 heavy (non-hydrogen) atoms. The number of anilines is 2. The molecule has 0 radical (unpaired) electrons. The molecular weight excluding hydrogens is 404 g/mol. The number of carbonyl (C=O) groups excluding carboxylic acids is 1. The van der Waals surface area contributed by atoms with Gasteiger partial charge in [-0.15, -0.1) is 0 Å². The van der Waals surface area contributed by atoms with Crippen LogP contribution in [0.2, 0.25) is 0 Å². The van der Waals surface area contributed by atoms with Crippen molar-refractivity contribution in [2.75, 3.05) is 36.5 Å². The van der Waals surface area contributed by atoms with Gasteiger partial charge in [0.05, 0.1) is 24.5 Å². The van der Waals surface area contributed by atoms with Crippen molar-refractivity contribution < 1.29 is 23.0 Å². The van der Waals surface area contributed by atoms with Crippen LogP contribution in [0.3, 0.4) is 0 Å². The molecule has 166 valence electrons. The van der Waals surface area contributed by atoms with Gasteiger partial charge >= 0.3 is 6.61 Å². The summed E-state index contributed by atoms with van der Waals surface area (Å²) in [7, 11) is 0. The van der Waals surface area contributed by atoms with Crippen molar-refractivity contribution in [2.45, 2.75) is 39.0 Å². The third-order valence-electron chi connectivity index (χ3n) is 5.73. The van der Waals surface area contributed by atoms with Crippen LogP contribution in [0.25, 0.3) is 0 Å². The van der Waals surface area contributed by atoms with E-state index in [1.54, 1.807) is 18.2 Å². The second-order valence-electron chi connectivity index (χ2n) is 7.79. The number of hydrogen-bond donors (Lipinski definition) is 1. The Morgan fingerprint density at radius 2 is 1.90 bits per heavy atom. The van der Waals surface area contributed by atoms with Gasteiger partial charge in [-0.3, -0.25) is 9.69 Å². The number of hydrogen-bond acceptors (Lipinski definition) is 5. The third kappa shape index (κ3) is 5.07. The Bertz CT molecular complexity index is 917. The largest absolute Gasteiger partial charge is 0.490 e. The summed E-state index contributed by atoms with van der Waals surface area (Å²) < 4.78 is 35.2. The minimum atomic E-state index is -2.88. The molecule has 1 N–H and O–H groups in total. The number of piperidine rings is 1. The molecule has 0 aliphatic carbocycles. The number of ether oxygens (including phenoxy) is 2. The van der Waals surface area contributed by atoms with E-state index in [0.717, 1.165) is 42.9 Å². The molecule has 0 spiro atoms. The van der Waals surface area contributed by atoms with Gasteiger partial charge in [0.1, 0.15) is 0 Å². The van der Waals surface area contributed by atoms with Crippen LogP contribution in [0.4, 0.5) is 20.2 Å². The number of para-hydroxylation sites is 2. The monoisotopic (exact) mass is 431 g/mol. The molecule has 4 rings (SSSR count). The minimum absolute atomic E-state index is 0.0238. The number of carbonyl (C=O) groups is 1. The second kappa shape index (κ2) is 9.51. The maximum absolute atomic E-state index is 12.6. The highest BCUT2D eigenvalue weighted by molar-refractivity contribution is 6.01. The van der Waals surface area contributed by atoms with Crippen LogP contribution < -0.4 is 19.7 Å². The Labute approximate surface area is 180 Å². The number of fused-ring (bicyclic) bond motifs is 1. The molecule has 2 aliphatic heterocycles. The Hall–Kier alpha value is -2.87. The molecule has 0 aromatic heterocycles. The lowest BCUT2D eigenvalue weighted by atomic mass is 10.00. The number of rotatable bonds is 7. The lowest BCUT2D eigenvalue weighted by Crippen LogP contribution is -2.49. The van der Waals surface area contributed by atoms with E-state index < -0.39 is 6.61 Å². The van der Waals surface area contributed by atoms with Crippen LogP contribution in [-0.2, 0) is 11.3 Å². The first-order chi connectivity index (χ1) is 15.0. The van der Waals surface area contributed by atoms with Crippen LogP contribution in [0.1, 0.15) is 25.3 Å². The number of alkyl halides is 2. The summed E-state index contributed by atoms with van der Waals surface area (Å²) in [6.07, 6.45) is 1.90. The molecule has 0 bridgehead atoms. The highest BCUT2D eigenvalue weighted by atomic mass is 19.3. The quantitative estimate of drug-likeness (QED) is 0.715. The predicted molar refractivity (Wildman–Crippen MR) is 115 cm³/mol. The lowest BCUT2D eigenvalue weighted by molar-refractivity contribution is -0.115. The maximum atomic E-state index is 12.6. The van der Waals surface area contributed by atoms with Gasteiger partial charge < -0.3 is 19.7 Å². The van der Waals surface area contributed by atoms with Gasteiger partial charge in [0.25, 0.3) is 0 Å². The van der Waals surface area contributed by atoms with Crippen LogP contribution in [0.5, 0.6) is 11.5 Å². The van der Waals surface area contributed by atoms with Crippen LogP contribution >= 0.6 is 0 Å². The normalized spacial score (nSPS) is 17.4. The van der Waals surface area contributed by atoms with Crippen molar-refractivity contribution in [1.82, 2.24) is 4.90 Å². The topological polar surface area (TPSA) is 54.0 Å². The summed E-state index contributed by atoms with van der Waals surface area (Å²) in [4.78, 5) is 16.7. The zero-order chi connectivity index (χ0) is 21.8. The minimum Gasteiger partial charge on any atom is -0.490 e. The first kappa shape index (κ1) is 21.4. The van der Waals surface area contributed by atoms with Gasteiger partial charge in [-0.05, 0) is 49.6 Å². The molecule has 0 saturated carbocycles. The van der Waals surface area contributed by atoms with Gasteiger partial charge in [0, 0.05) is 25.7 Å². The molecule has 2 aliphatic rings. The number of likely N-dealkylation sites (tertiary alicyclic amines) is 1. The van der Waals surface area contributed by atoms with E-state index >= 15 is 0 Å². The van der Waals surface area contributed by atoms with Gasteiger partial charge in [0.2, 0.25) is 5.91 Å². The summed E-state index contributed by atoms with van der Waals surface area (Å²) >= 11 is 0.